The maximum Gasteiger partial charge on any atom is 0.0949 e. The lowest BCUT2D eigenvalue weighted by atomic mass is 9.77. The van der Waals surface area contributed by atoms with Crippen molar-refractivity contribution in [1.82, 2.24) is 4.90 Å². The van der Waals surface area contributed by atoms with Crippen LogP contribution in [0.1, 0.15) is 18.4 Å². The summed E-state index contributed by atoms with van der Waals surface area (Å²) in [5, 5.41) is 11.6. The third kappa shape index (κ3) is 1.56. The minimum absolute atomic E-state index is 0.391. The van der Waals surface area contributed by atoms with Gasteiger partial charge in [0.15, 0.2) is 0 Å². The average Bonchev–Trinajstić information content (AvgIpc) is 2.70. The highest BCUT2D eigenvalue weighted by Gasteiger charge is 2.45. The van der Waals surface area contributed by atoms with Crippen LogP contribution in [0.25, 0.3) is 0 Å². The van der Waals surface area contributed by atoms with Crippen LogP contribution in [0.4, 0.5) is 0 Å². The molecule has 2 heterocycles. The highest BCUT2D eigenvalue weighted by Crippen LogP contribution is 2.42. The Morgan fingerprint density at radius 3 is 2.75 bits per heavy atom. The normalized spacial score (nSPS) is 37.6. The van der Waals surface area contributed by atoms with Crippen molar-refractivity contribution < 1.29 is 5.11 Å². The number of hydrogen-bond acceptors (Lipinski definition) is 2. The van der Waals surface area contributed by atoms with Crippen LogP contribution in [-0.4, -0.2) is 29.6 Å². The molecule has 3 atom stereocenters. The molecule has 0 amide bonds. The van der Waals surface area contributed by atoms with Crippen LogP contribution in [0.2, 0.25) is 5.02 Å². The van der Waals surface area contributed by atoms with Crippen LogP contribution >= 0.6 is 11.6 Å². The maximum absolute atomic E-state index is 10.9. The lowest BCUT2D eigenvalue weighted by Gasteiger charge is -2.39. The van der Waals surface area contributed by atoms with Crippen molar-refractivity contribution in [3.05, 3.63) is 34.9 Å². The number of halogens is 1. The van der Waals surface area contributed by atoms with Gasteiger partial charge in [-0.2, -0.15) is 0 Å². The highest BCUT2D eigenvalue weighted by atomic mass is 35.5. The van der Waals surface area contributed by atoms with E-state index in [0.29, 0.717) is 5.92 Å². The van der Waals surface area contributed by atoms with E-state index in [2.05, 4.69) is 4.90 Å². The molecule has 0 spiro atoms. The molecule has 2 fully saturated rings. The molecule has 3 unspecified atom stereocenters. The molecule has 3 heteroatoms. The summed E-state index contributed by atoms with van der Waals surface area (Å²) in [4.78, 5) is 2.44. The summed E-state index contributed by atoms with van der Waals surface area (Å²) in [5.41, 5.74) is 0.404. The second-order valence-electron chi connectivity index (χ2n) is 4.97. The van der Waals surface area contributed by atoms with Crippen molar-refractivity contribution >= 4 is 11.6 Å². The second-order valence-corrected chi connectivity index (χ2v) is 5.40. The third-order valence-corrected chi connectivity index (χ3v) is 4.35. The lowest BCUT2D eigenvalue weighted by molar-refractivity contribution is -0.0502. The van der Waals surface area contributed by atoms with Gasteiger partial charge in [0, 0.05) is 24.0 Å². The summed E-state index contributed by atoms with van der Waals surface area (Å²) in [6, 6.07) is 7.68. The highest BCUT2D eigenvalue weighted by molar-refractivity contribution is 6.30. The number of benzene rings is 1. The summed E-state index contributed by atoms with van der Waals surface area (Å²) in [5.74, 6) is 0.391. The fraction of sp³-hybridized carbons (Fsp3) is 0.538. The minimum Gasteiger partial charge on any atom is -0.385 e. The average molecular weight is 238 g/mol. The van der Waals surface area contributed by atoms with Gasteiger partial charge in [0.1, 0.15) is 0 Å². The Bertz CT molecular complexity index is 391. The second kappa shape index (κ2) is 3.73. The molecule has 2 bridgehead atoms. The Balaban J connectivity index is 1.94. The first-order valence-corrected chi connectivity index (χ1v) is 6.27. The maximum atomic E-state index is 10.9. The summed E-state index contributed by atoms with van der Waals surface area (Å²) in [6.45, 7) is 3.19. The number of hydrogen-bond donors (Lipinski definition) is 1. The van der Waals surface area contributed by atoms with E-state index < -0.39 is 5.60 Å². The van der Waals surface area contributed by atoms with Gasteiger partial charge in [0.25, 0.3) is 0 Å². The van der Waals surface area contributed by atoms with Gasteiger partial charge >= 0.3 is 0 Å². The fourth-order valence-electron chi connectivity index (χ4n) is 3.08. The number of nitrogens with zero attached hydrogens (tertiary/aromatic N) is 1. The molecule has 0 saturated carbocycles. The van der Waals surface area contributed by atoms with Crippen molar-refractivity contribution in [1.29, 1.82) is 0 Å². The molecule has 2 nitrogen and oxygen atoms in total. The zero-order chi connectivity index (χ0) is 11.2. The van der Waals surface area contributed by atoms with Gasteiger partial charge in [-0.25, -0.2) is 0 Å². The van der Waals surface area contributed by atoms with E-state index in [1.165, 1.54) is 0 Å². The molecular formula is C13H16ClNO. The van der Waals surface area contributed by atoms with Crippen LogP contribution in [-0.2, 0) is 5.60 Å². The van der Waals surface area contributed by atoms with Gasteiger partial charge in [-0.05, 0) is 37.1 Å². The van der Waals surface area contributed by atoms with Crippen LogP contribution in [0.5, 0.6) is 0 Å². The van der Waals surface area contributed by atoms with Gasteiger partial charge in [-0.15, -0.1) is 0 Å². The Labute approximate surface area is 101 Å². The van der Waals surface area contributed by atoms with Crippen LogP contribution in [0.15, 0.2) is 24.3 Å². The topological polar surface area (TPSA) is 23.5 Å². The first-order valence-electron chi connectivity index (χ1n) is 5.89. The predicted octanol–water partition coefficient (Wildman–Crippen LogP) is 2.25. The van der Waals surface area contributed by atoms with Gasteiger partial charge < -0.3 is 10.0 Å². The molecule has 2 saturated heterocycles. The van der Waals surface area contributed by atoms with Gasteiger partial charge in [-0.3, -0.25) is 0 Å². The molecule has 16 heavy (non-hydrogen) atoms. The van der Waals surface area contributed by atoms with E-state index in [1.807, 2.05) is 24.3 Å². The largest absolute Gasteiger partial charge is 0.385 e. The molecule has 2 aliphatic rings. The molecule has 1 N–H and O–H groups in total. The van der Waals surface area contributed by atoms with E-state index in [1.54, 1.807) is 0 Å². The molecule has 1 aromatic rings. The van der Waals surface area contributed by atoms with E-state index in [4.69, 9.17) is 11.6 Å². The van der Waals surface area contributed by atoms with Crippen molar-refractivity contribution in [2.24, 2.45) is 5.92 Å². The number of aliphatic hydroxyl groups is 1. The lowest BCUT2D eigenvalue weighted by Crippen LogP contribution is -2.44. The Hall–Kier alpha value is -0.570. The number of fused-ring (bicyclic) bond motifs is 2. The van der Waals surface area contributed by atoms with Gasteiger partial charge in [0.05, 0.1) is 5.60 Å². The summed E-state index contributed by atoms with van der Waals surface area (Å²) in [7, 11) is 0. The van der Waals surface area contributed by atoms with Crippen molar-refractivity contribution in [2.45, 2.75) is 18.4 Å². The quantitative estimate of drug-likeness (QED) is 0.810. The summed E-state index contributed by atoms with van der Waals surface area (Å²) >= 11 is 5.88. The van der Waals surface area contributed by atoms with Gasteiger partial charge in [0.2, 0.25) is 0 Å². The van der Waals surface area contributed by atoms with Crippen molar-refractivity contribution in [2.75, 3.05) is 19.6 Å². The van der Waals surface area contributed by atoms with E-state index in [-0.39, 0.29) is 0 Å². The van der Waals surface area contributed by atoms with Crippen LogP contribution < -0.4 is 0 Å². The molecule has 2 aliphatic heterocycles. The first kappa shape index (κ1) is 10.6. The van der Waals surface area contributed by atoms with Crippen LogP contribution in [0, 0.1) is 5.92 Å². The molecule has 0 aromatic heterocycles. The fourth-order valence-corrected chi connectivity index (χ4v) is 3.20. The van der Waals surface area contributed by atoms with E-state index >= 15 is 0 Å². The molecule has 0 radical (unpaired) electrons. The van der Waals surface area contributed by atoms with Crippen molar-refractivity contribution in [3.8, 4) is 0 Å². The molecule has 0 aliphatic carbocycles. The zero-order valence-electron chi connectivity index (χ0n) is 9.19. The number of piperidine rings is 1. The Morgan fingerprint density at radius 2 is 2.00 bits per heavy atom. The van der Waals surface area contributed by atoms with Crippen molar-refractivity contribution in [3.63, 3.8) is 0 Å². The van der Waals surface area contributed by atoms with Crippen LogP contribution in [0.3, 0.4) is 0 Å². The summed E-state index contributed by atoms with van der Waals surface area (Å²) < 4.78 is 0. The zero-order valence-corrected chi connectivity index (χ0v) is 9.95. The molecule has 1 aromatic carbocycles. The summed E-state index contributed by atoms with van der Waals surface area (Å²) in [6.07, 6.45) is 1.96. The van der Waals surface area contributed by atoms with Gasteiger partial charge in [-0.1, -0.05) is 23.7 Å². The molecule has 86 valence electrons. The third-order valence-electron chi connectivity index (χ3n) is 4.10. The first-order chi connectivity index (χ1) is 7.68. The molecule has 3 rings (SSSR count). The Morgan fingerprint density at radius 1 is 1.25 bits per heavy atom. The Kier molecular flexibility index (Phi) is 2.46. The smallest absolute Gasteiger partial charge is 0.0949 e. The molecular weight excluding hydrogens is 222 g/mol. The SMILES string of the molecule is OC1(c2ccc(Cl)cc2)CCN2CCC1C2. The predicted molar refractivity (Wildman–Crippen MR) is 64.5 cm³/mol. The standard InChI is InChI=1S/C13H16ClNO/c14-12-3-1-10(2-4-12)13(16)6-8-15-7-5-11(13)9-15/h1-4,11,16H,5-9H2. The minimum atomic E-state index is -0.627. The number of rotatable bonds is 1. The van der Waals surface area contributed by atoms with E-state index in [0.717, 1.165) is 43.1 Å². The van der Waals surface area contributed by atoms with E-state index in [9.17, 15) is 5.11 Å². The monoisotopic (exact) mass is 237 g/mol.